The predicted molar refractivity (Wildman–Crippen MR) is 98.3 cm³/mol. The third kappa shape index (κ3) is 4.84. The maximum Gasteiger partial charge on any atom is 0.433 e. The van der Waals surface area contributed by atoms with Gasteiger partial charge >= 0.3 is 6.18 Å². The minimum Gasteiger partial charge on any atom is -0.298 e. The molecule has 0 fully saturated rings. The van der Waals surface area contributed by atoms with E-state index in [1.165, 1.54) is 18.3 Å². The van der Waals surface area contributed by atoms with Crippen LogP contribution in [0.1, 0.15) is 32.2 Å². The molecule has 1 amide bonds. The number of amides is 1. The van der Waals surface area contributed by atoms with Crippen molar-refractivity contribution < 1.29 is 18.0 Å². The van der Waals surface area contributed by atoms with E-state index < -0.39 is 17.8 Å². The number of benzene rings is 1. The van der Waals surface area contributed by atoms with Crippen LogP contribution in [-0.2, 0) is 12.6 Å². The minimum absolute atomic E-state index is 0.00182. The molecule has 0 atom stereocenters. The van der Waals surface area contributed by atoms with Crippen LogP contribution in [0.15, 0.2) is 42.6 Å². The second-order valence-corrected chi connectivity index (χ2v) is 7.27. The molecule has 0 unspecified atom stereocenters. The molecule has 1 N–H and O–H groups in total. The molecule has 3 rings (SSSR count). The normalized spacial score (nSPS) is 11.4. The maximum atomic E-state index is 12.7. The molecule has 0 aliphatic heterocycles. The molecule has 0 aliphatic rings. The Kier molecular flexibility index (Phi) is 5.48. The van der Waals surface area contributed by atoms with Crippen LogP contribution in [0, 0.1) is 6.92 Å². The Hall–Kier alpha value is -2.45. The van der Waals surface area contributed by atoms with Gasteiger partial charge in [0.25, 0.3) is 5.91 Å². The van der Waals surface area contributed by atoms with E-state index in [9.17, 15) is 18.0 Å². The average molecular weight is 412 g/mol. The molecular formula is C18H13ClF3N3OS. The molecule has 0 aliphatic carbocycles. The van der Waals surface area contributed by atoms with Crippen molar-refractivity contribution in [1.29, 1.82) is 0 Å². The molecule has 1 aromatic carbocycles. The van der Waals surface area contributed by atoms with Crippen molar-refractivity contribution in [2.45, 2.75) is 19.5 Å². The summed E-state index contributed by atoms with van der Waals surface area (Å²) in [6.07, 6.45) is -2.31. The molecule has 2 heterocycles. The summed E-state index contributed by atoms with van der Waals surface area (Å²) < 4.78 is 38.0. The van der Waals surface area contributed by atoms with Crippen molar-refractivity contribution in [3.8, 4) is 0 Å². The van der Waals surface area contributed by atoms with Gasteiger partial charge in [-0.3, -0.25) is 10.1 Å². The van der Waals surface area contributed by atoms with Crippen molar-refractivity contribution in [3.05, 3.63) is 75.0 Å². The number of pyridine rings is 1. The Morgan fingerprint density at radius 1 is 1.26 bits per heavy atom. The number of aromatic nitrogens is 2. The van der Waals surface area contributed by atoms with Crippen molar-refractivity contribution in [2.24, 2.45) is 0 Å². The predicted octanol–water partition coefficient (Wildman–Crippen LogP) is 5.36. The van der Waals surface area contributed by atoms with Gasteiger partial charge < -0.3 is 0 Å². The highest BCUT2D eigenvalue weighted by atomic mass is 35.5. The Balaban J connectivity index is 1.71. The van der Waals surface area contributed by atoms with Gasteiger partial charge in [0.15, 0.2) is 5.13 Å². The molecule has 0 saturated heterocycles. The van der Waals surface area contributed by atoms with E-state index in [1.54, 1.807) is 12.3 Å². The summed E-state index contributed by atoms with van der Waals surface area (Å²) in [6.45, 7) is 1.36. The second-order valence-electron chi connectivity index (χ2n) is 5.72. The van der Waals surface area contributed by atoms with Crippen LogP contribution in [0.2, 0.25) is 5.02 Å². The van der Waals surface area contributed by atoms with E-state index in [-0.39, 0.29) is 11.3 Å². The second kappa shape index (κ2) is 7.66. The van der Waals surface area contributed by atoms with Gasteiger partial charge in [-0.25, -0.2) is 9.97 Å². The fourth-order valence-corrected chi connectivity index (χ4v) is 3.47. The van der Waals surface area contributed by atoms with Gasteiger partial charge in [0, 0.05) is 22.5 Å². The fourth-order valence-electron chi connectivity index (χ4n) is 2.42. The molecule has 9 heteroatoms. The maximum absolute atomic E-state index is 12.7. The SMILES string of the molecule is Cc1nc(C(F)(F)F)ccc1C(=O)Nc1ncc(Cc2cccc(Cl)c2)s1. The van der Waals surface area contributed by atoms with Crippen molar-refractivity contribution in [3.63, 3.8) is 0 Å². The molecule has 140 valence electrons. The lowest BCUT2D eigenvalue weighted by molar-refractivity contribution is -0.141. The number of anilines is 1. The van der Waals surface area contributed by atoms with E-state index in [2.05, 4.69) is 15.3 Å². The zero-order valence-corrected chi connectivity index (χ0v) is 15.5. The Bertz CT molecular complexity index is 988. The number of hydrogen-bond donors (Lipinski definition) is 1. The number of aryl methyl sites for hydroxylation is 1. The number of hydrogen-bond acceptors (Lipinski definition) is 4. The quantitative estimate of drug-likeness (QED) is 0.628. The average Bonchev–Trinajstić information content (AvgIpc) is 3.00. The topological polar surface area (TPSA) is 54.9 Å². The molecule has 3 aromatic rings. The summed E-state index contributed by atoms with van der Waals surface area (Å²) >= 11 is 7.24. The van der Waals surface area contributed by atoms with Crippen molar-refractivity contribution in [1.82, 2.24) is 9.97 Å². The van der Waals surface area contributed by atoms with Gasteiger partial charge in [-0.2, -0.15) is 13.2 Å². The van der Waals surface area contributed by atoms with Gasteiger partial charge in [-0.1, -0.05) is 23.7 Å². The molecule has 0 bridgehead atoms. The first kappa shape index (κ1) is 19.3. The number of thiazole rings is 1. The number of alkyl halides is 3. The van der Waals surface area contributed by atoms with Crippen molar-refractivity contribution in [2.75, 3.05) is 5.32 Å². The van der Waals surface area contributed by atoms with Gasteiger partial charge in [-0.05, 0) is 36.8 Å². The molecule has 0 radical (unpaired) electrons. The number of carbonyl (C=O) groups excluding carboxylic acids is 1. The summed E-state index contributed by atoms with van der Waals surface area (Å²) in [7, 11) is 0. The van der Waals surface area contributed by atoms with E-state index in [0.717, 1.165) is 22.6 Å². The molecule has 27 heavy (non-hydrogen) atoms. The number of carbonyl (C=O) groups is 1. The lowest BCUT2D eigenvalue weighted by Gasteiger charge is -2.09. The molecule has 4 nitrogen and oxygen atoms in total. The third-order valence-corrected chi connectivity index (χ3v) is 4.81. The summed E-state index contributed by atoms with van der Waals surface area (Å²) in [5.74, 6) is -0.558. The fraction of sp³-hybridized carbons (Fsp3) is 0.167. The number of rotatable bonds is 4. The highest BCUT2D eigenvalue weighted by molar-refractivity contribution is 7.15. The monoisotopic (exact) mass is 411 g/mol. The zero-order chi connectivity index (χ0) is 19.6. The lowest BCUT2D eigenvalue weighted by Crippen LogP contribution is -2.16. The highest BCUT2D eigenvalue weighted by Gasteiger charge is 2.33. The lowest BCUT2D eigenvalue weighted by atomic mass is 10.1. The van der Waals surface area contributed by atoms with Crippen LogP contribution in [-0.4, -0.2) is 15.9 Å². The Morgan fingerprint density at radius 2 is 2.04 bits per heavy atom. The van der Waals surface area contributed by atoms with Gasteiger partial charge in [-0.15, -0.1) is 11.3 Å². The van der Waals surface area contributed by atoms with E-state index in [4.69, 9.17) is 11.6 Å². The summed E-state index contributed by atoms with van der Waals surface area (Å²) in [5, 5.41) is 3.59. The molecule has 0 spiro atoms. The Labute approximate surface area is 162 Å². The van der Waals surface area contributed by atoms with E-state index in [0.29, 0.717) is 16.6 Å². The van der Waals surface area contributed by atoms with Crippen LogP contribution < -0.4 is 5.32 Å². The highest BCUT2D eigenvalue weighted by Crippen LogP contribution is 2.28. The molecular weight excluding hydrogens is 399 g/mol. The summed E-state index contributed by atoms with van der Waals surface area (Å²) in [4.78, 5) is 20.8. The number of halogens is 4. The van der Waals surface area contributed by atoms with Crippen LogP contribution in [0.4, 0.5) is 18.3 Å². The standard InChI is InChI=1S/C18H13ClF3N3OS/c1-10-14(5-6-15(24-10)18(20,21)22)16(26)25-17-23-9-13(27-17)8-11-3-2-4-12(19)7-11/h2-7,9H,8H2,1H3,(H,23,25,26). The first-order valence-corrected chi connectivity index (χ1v) is 8.97. The van der Waals surface area contributed by atoms with E-state index >= 15 is 0 Å². The first-order chi connectivity index (χ1) is 12.7. The smallest absolute Gasteiger partial charge is 0.298 e. The minimum atomic E-state index is -4.55. The van der Waals surface area contributed by atoms with Gasteiger partial charge in [0.05, 0.1) is 11.3 Å². The van der Waals surface area contributed by atoms with Crippen LogP contribution >= 0.6 is 22.9 Å². The largest absolute Gasteiger partial charge is 0.433 e. The van der Waals surface area contributed by atoms with Crippen molar-refractivity contribution >= 4 is 34.0 Å². The molecule has 2 aromatic heterocycles. The van der Waals surface area contributed by atoms with Gasteiger partial charge in [0.2, 0.25) is 0 Å². The van der Waals surface area contributed by atoms with E-state index in [1.807, 2.05) is 18.2 Å². The Morgan fingerprint density at radius 3 is 2.70 bits per heavy atom. The van der Waals surface area contributed by atoms with Crippen LogP contribution in [0.25, 0.3) is 0 Å². The number of nitrogens with one attached hydrogen (secondary N) is 1. The first-order valence-electron chi connectivity index (χ1n) is 7.78. The van der Waals surface area contributed by atoms with Gasteiger partial charge in [0.1, 0.15) is 5.69 Å². The van der Waals surface area contributed by atoms with Crippen LogP contribution in [0.5, 0.6) is 0 Å². The summed E-state index contributed by atoms with van der Waals surface area (Å²) in [6, 6.07) is 9.30. The third-order valence-electron chi connectivity index (χ3n) is 3.66. The molecule has 0 saturated carbocycles. The zero-order valence-electron chi connectivity index (χ0n) is 14.0. The van der Waals surface area contributed by atoms with Crippen LogP contribution in [0.3, 0.4) is 0 Å². The number of nitrogens with zero attached hydrogens (tertiary/aromatic N) is 2. The summed E-state index contributed by atoms with van der Waals surface area (Å²) in [5.41, 5.74) is 0.0361.